The Hall–Kier alpha value is -0.830. The molecule has 0 saturated carbocycles. The highest BCUT2D eigenvalue weighted by Gasteiger charge is 2.00. The molecular formula is C8H11NOS. The summed E-state index contributed by atoms with van der Waals surface area (Å²) in [7, 11) is -0.544. The molecule has 0 fully saturated rings. The number of rotatable bonds is 1. The van der Waals surface area contributed by atoms with E-state index < -0.39 is 9.73 Å². The SMILES string of the molecule is CN=S(C)(=O)c1ccccc1. The second-order valence-corrected chi connectivity index (χ2v) is 4.74. The Balaban J connectivity index is 3.25. The van der Waals surface area contributed by atoms with Gasteiger partial charge in [-0.05, 0) is 12.1 Å². The van der Waals surface area contributed by atoms with Gasteiger partial charge in [-0.3, -0.25) is 0 Å². The van der Waals surface area contributed by atoms with Crippen molar-refractivity contribution in [3.05, 3.63) is 30.3 Å². The van der Waals surface area contributed by atoms with E-state index in [9.17, 15) is 4.21 Å². The van der Waals surface area contributed by atoms with Gasteiger partial charge in [-0.15, -0.1) is 0 Å². The lowest BCUT2D eigenvalue weighted by atomic mass is 10.4. The molecule has 0 aliphatic heterocycles. The highest BCUT2D eigenvalue weighted by atomic mass is 32.2. The molecule has 0 amide bonds. The third kappa shape index (κ3) is 1.80. The summed E-state index contributed by atoms with van der Waals surface area (Å²) in [5.41, 5.74) is 0. The maximum atomic E-state index is 11.6. The van der Waals surface area contributed by atoms with E-state index in [-0.39, 0.29) is 0 Å². The summed E-state index contributed by atoms with van der Waals surface area (Å²) < 4.78 is 15.4. The van der Waals surface area contributed by atoms with Crippen molar-refractivity contribution < 1.29 is 4.21 Å². The van der Waals surface area contributed by atoms with Gasteiger partial charge in [0.05, 0.1) is 9.73 Å². The van der Waals surface area contributed by atoms with E-state index in [1.54, 1.807) is 13.3 Å². The maximum absolute atomic E-state index is 11.6. The summed E-state index contributed by atoms with van der Waals surface area (Å²) in [6.45, 7) is 0. The fourth-order valence-corrected chi connectivity index (χ4v) is 1.65. The van der Waals surface area contributed by atoms with Crippen LogP contribution in [-0.2, 0) is 9.73 Å². The molecule has 0 aromatic heterocycles. The molecule has 0 N–H and O–H groups in total. The second-order valence-electron chi connectivity index (χ2n) is 2.30. The molecule has 11 heavy (non-hydrogen) atoms. The fourth-order valence-electron chi connectivity index (χ4n) is 0.778. The van der Waals surface area contributed by atoms with Crippen molar-refractivity contribution in [2.45, 2.75) is 4.90 Å². The number of hydrogen-bond acceptors (Lipinski definition) is 2. The Bertz CT molecular complexity index is 336. The van der Waals surface area contributed by atoms with Gasteiger partial charge in [0.2, 0.25) is 0 Å². The smallest absolute Gasteiger partial charge is 0.0720 e. The highest BCUT2D eigenvalue weighted by Crippen LogP contribution is 2.08. The molecule has 1 rings (SSSR count). The van der Waals surface area contributed by atoms with E-state index in [2.05, 4.69) is 4.36 Å². The normalized spacial score (nSPS) is 15.5. The predicted octanol–water partition coefficient (Wildman–Crippen LogP) is 1.77. The Morgan fingerprint density at radius 1 is 1.27 bits per heavy atom. The summed E-state index contributed by atoms with van der Waals surface area (Å²) in [5, 5.41) is 0. The van der Waals surface area contributed by atoms with Crippen LogP contribution < -0.4 is 0 Å². The molecule has 0 bridgehead atoms. The van der Waals surface area contributed by atoms with E-state index >= 15 is 0 Å². The molecule has 1 unspecified atom stereocenters. The summed E-state index contributed by atoms with van der Waals surface area (Å²) in [6.07, 6.45) is 1.64. The van der Waals surface area contributed by atoms with Gasteiger partial charge < -0.3 is 0 Å². The van der Waals surface area contributed by atoms with Crippen LogP contribution in [0.25, 0.3) is 0 Å². The summed E-state index contributed by atoms with van der Waals surface area (Å²) in [5.74, 6) is 0. The van der Waals surface area contributed by atoms with Crippen LogP contribution in [-0.4, -0.2) is 17.5 Å². The molecule has 0 radical (unpaired) electrons. The summed E-state index contributed by atoms with van der Waals surface area (Å²) in [6, 6.07) is 9.28. The predicted molar refractivity (Wildman–Crippen MR) is 47.1 cm³/mol. The van der Waals surface area contributed by atoms with Gasteiger partial charge in [0.15, 0.2) is 0 Å². The minimum Gasteiger partial charge on any atom is -0.245 e. The average molecular weight is 169 g/mol. The summed E-state index contributed by atoms with van der Waals surface area (Å²) in [4.78, 5) is 0.794. The Morgan fingerprint density at radius 2 is 1.82 bits per heavy atom. The van der Waals surface area contributed by atoms with Crippen LogP contribution >= 0.6 is 0 Å². The highest BCUT2D eigenvalue weighted by molar-refractivity contribution is 7.93. The van der Waals surface area contributed by atoms with Crippen LogP contribution in [0.5, 0.6) is 0 Å². The van der Waals surface area contributed by atoms with Gasteiger partial charge >= 0.3 is 0 Å². The Kier molecular flexibility index (Phi) is 2.29. The van der Waals surface area contributed by atoms with E-state index in [0.717, 1.165) is 4.90 Å². The molecule has 1 aromatic carbocycles. The second kappa shape index (κ2) is 3.05. The number of benzene rings is 1. The molecule has 0 aliphatic carbocycles. The van der Waals surface area contributed by atoms with Crippen molar-refractivity contribution in [2.75, 3.05) is 13.3 Å². The first-order valence-corrected chi connectivity index (χ1v) is 5.24. The van der Waals surface area contributed by atoms with Gasteiger partial charge in [0, 0.05) is 18.2 Å². The van der Waals surface area contributed by atoms with Crippen molar-refractivity contribution in [2.24, 2.45) is 4.36 Å². The van der Waals surface area contributed by atoms with Crippen molar-refractivity contribution in [1.82, 2.24) is 0 Å². The van der Waals surface area contributed by atoms with Gasteiger partial charge in [0.1, 0.15) is 0 Å². The first kappa shape index (κ1) is 8.27. The zero-order chi connectivity index (χ0) is 8.32. The third-order valence-corrected chi connectivity index (χ3v) is 3.37. The molecule has 0 aliphatic rings. The van der Waals surface area contributed by atoms with Crippen LogP contribution in [0, 0.1) is 0 Å². The molecule has 60 valence electrons. The minimum absolute atomic E-state index is 0.794. The monoisotopic (exact) mass is 169 g/mol. The topological polar surface area (TPSA) is 29.4 Å². The molecule has 0 spiro atoms. The van der Waals surface area contributed by atoms with Gasteiger partial charge in [-0.1, -0.05) is 18.2 Å². The van der Waals surface area contributed by atoms with E-state index in [1.165, 1.54) is 0 Å². The van der Waals surface area contributed by atoms with Gasteiger partial charge in [-0.2, -0.15) is 0 Å². The fraction of sp³-hybridized carbons (Fsp3) is 0.250. The Labute approximate surface area is 67.4 Å². The van der Waals surface area contributed by atoms with Gasteiger partial charge in [-0.25, -0.2) is 8.57 Å². The lowest BCUT2D eigenvalue weighted by Crippen LogP contribution is -1.95. The lowest BCUT2D eigenvalue weighted by Gasteiger charge is -2.00. The lowest BCUT2D eigenvalue weighted by molar-refractivity contribution is 0.680. The molecule has 0 heterocycles. The average Bonchev–Trinajstić information content (AvgIpc) is 2.06. The minimum atomic E-state index is -2.12. The molecule has 1 atom stereocenters. The van der Waals surface area contributed by atoms with Crippen LogP contribution in [0.2, 0.25) is 0 Å². The molecule has 1 aromatic rings. The maximum Gasteiger partial charge on any atom is 0.0720 e. The van der Waals surface area contributed by atoms with Crippen LogP contribution in [0.15, 0.2) is 39.6 Å². The number of hydrogen-bond donors (Lipinski definition) is 0. The molecular weight excluding hydrogens is 158 g/mol. The van der Waals surface area contributed by atoms with E-state index in [4.69, 9.17) is 0 Å². The zero-order valence-electron chi connectivity index (χ0n) is 6.65. The first-order chi connectivity index (χ1) is 5.17. The molecule has 2 nitrogen and oxygen atoms in total. The van der Waals surface area contributed by atoms with Crippen LogP contribution in [0.4, 0.5) is 0 Å². The molecule has 3 heteroatoms. The van der Waals surface area contributed by atoms with Gasteiger partial charge in [0.25, 0.3) is 0 Å². The number of nitrogens with zero attached hydrogens (tertiary/aromatic N) is 1. The van der Waals surface area contributed by atoms with Crippen molar-refractivity contribution in [1.29, 1.82) is 0 Å². The quantitative estimate of drug-likeness (QED) is 0.630. The van der Waals surface area contributed by atoms with E-state index in [0.29, 0.717) is 0 Å². The van der Waals surface area contributed by atoms with Crippen molar-refractivity contribution in [3.63, 3.8) is 0 Å². The van der Waals surface area contributed by atoms with Crippen molar-refractivity contribution in [3.8, 4) is 0 Å². The third-order valence-electron chi connectivity index (χ3n) is 1.53. The molecule has 0 saturated heterocycles. The van der Waals surface area contributed by atoms with Crippen molar-refractivity contribution >= 4 is 9.73 Å². The van der Waals surface area contributed by atoms with E-state index in [1.807, 2.05) is 30.3 Å². The largest absolute Gasteiger partial charge is 0.245 e. The van der Waals surface area contributed by atoms with Crippen LogP contribution in [0.3, 0.4) is 0 Å². The summed E-state index contributed by atoms with van der Waals surface area (Å²) >= 11 is 0. The first-order valence-electron chi connectivity index (χ1n) is 3.32. The Morgan fingerprint density at radius 3 is 2.27 bits per heavy atom. The standard InChI is InChI=1S/C8H11NOS/c1-9-11(2,10)8-6-4-3-5-7-8/h3-7H,1-2H3. The van der Waals surface area contributed by atoms with Crippen LogP contribution in [0.1, 0.15) is 0 Å². The zero-order valence-corrected chi connectivity index (χ0v) is 7.47.